The summed E-state index contributed by atoms with van der Waals surface area (Å²) < 4.78 is 0. The molecule has 0 spiro atoms. The third kappa shape index (κ3) is 4.40. The van der Waals surface area contributed by atoms with Crippen LogP contribution in [0.1, 0.15) is 10.5 Å². The lowest BCUT2D eigenvalue weighted by Gasteiger charge is -2.25. The summed E-state index contributed by atoms with van der Waals surface area (Å²) in [6.45, 7) is 3.84. The minimum atomic E-state index is -0.103. The summed E-state index contributed by atoms with van der Waals surface area (Å²) in [7, 11) is 1.83. The van der Waals surface area contributed by atoms with Crippen molar-refractivity contribution in [3.8, 4) is 0 Å². The van der Waals surface area contributed by atoms with Gasteiger partial charge in [-0.05, 0) is 12.1 Å². The van der Waals surface area contributed by atoms with Crippen molar-refractivity contribution in [2.24, 2.45) is 0 Å². The monoisotopic (exact) mass is 280 g/mol. The summed E-state index contributed by atoms with van der Waals surface area (Å²) in [6.07, 6.45) is 1.66. The fraction of sp³-hybridized carbons (Fsp3) is 0.538. The number of carbonyl (C=O) groups is 1. The average Bonchev–Trinajstić information content (AvgIpc) is 2.48. The highest BCUT2D eigenvalue weighted by Crippen LogP contribution is 2.08. The maximum absolute atomic E-state index is 11.9. The van der Waals surface area contributed by atoms with Crippen molar-refractivity contribution in [3.63, 3.8) is 0 Å². The molecule has 1 saturated heterocycles. The normalized spacial score (nSPS) is 16.1. The Morgan fingerprint density at radius 3 is 2.84 bits per heavy atom. The van der Waals surface area contributed by atoms with Crippen molar-refractivity contribution >= 4 is 23.4 Å². The van der Waals surface area contributed by atoms with E-state index >= 15 is 0 Å². The second-order valence-corrected chi connectivity index (χ2v) is 5.62. The van der Waals surface area contributed by atoms with Crippen molar-refractivity contribution in [2.75, 3.05) is 50.0 Å². The van der Waals surface area contributed by atoms with E-state index in [9.17, 15) is 4.79 Å². The van der Waals surface area contributed by atoms with Crippen LogP contribution < -0.4 is 10.6 Å². The Bertz CT molecular complexity index is 404. The third-order valence-corrected chi connectivity index (χ3v) is 4.04. The number of aromatic nitrogens is 1. The molecular weight excluding hydrogens is 260 g/mol. The largest absolute Gasteiger partial charge is 0.387 e. The lowest BCUT2D eigenvalue weighted by atomic mass is 10.3. The van der Waals surface area contributed by atoms with Crippen LogP contribution in [0.5, 0.6) is 0 Å². The van der Waals surface area contributed by atoms with Gasteiger partial charge in [0.05, 0.1) is 11.9 Å². The quantitative estimate of drug-likeness (QED) is 0.839. The molecule has 1 aromatic rings. The van der Waals surface area contributed by atoms with Crippen molar-refractivity contribution in [2.45, 2.75) is 0 Å². The number of nitrogens with one attached hydrogen (secondary N) is 2. The van der Waals surface area contributed by atoms with Gasteiger partial charge in [0.2, 0.25) is 0 Å². The molecule has 0 unspecified atom stereocenters. The number of anilines is 1. The first-order chi connectivity index (χ1) is 9.29. The van der Waals surface area contributed by atoms with Crippen LogP contribution in [-0.2, 0) is 0 Å². The van der Waals surface area contributed by atoms with Crippen LogP contribution in [-0.4, -0.2) is 60.5 Å². The Morgan fingerprint density at radius 2 is 2.21 bits per heavy atom. The Balaban J connectivity index is 1.73. The minimum Gasteiger partial charge on any atom is -0.387 e. The molecular formula is C13H20N4OS. The van der Waals surface area contributed by atoms with Crippen LogP contribution in [0.15, 0.2) is 18.3 Å². The van der Waals surface area contributed by atoms with E-state index in [0.717, 1.165) is 25.3 Å². The summed E-state index contributed by atoms with van der Waals surface area (Å²) in [4.78, 5) is 18.4. The van der Waals surface area contributed by atoms with Crippen molar-refractivity contribution < 1.29 is 4.79 Å². The van der Waals surface area contributed by atoms with Gasteiger partial charge in [0.1, 0.15) is 5.69 Å². The molecule has 19 heavy (non-hydrogen) atoms. The molecule has 0 bridgehead atoms. The predicted molar refractivity (Wildman–Crippen MR) is 79.9 cm³/mol. The van der Waals surface area contributed by atoms with Crippen LogP contribution in [0.4, 0.5) is 5.69 Å². The van der Waals surface area contributed by atoms with Crippen LogP contribution in [0, 0.1) is 0 Å². The molecule has 0 atom stereocenters. The van der Waals surface area contributed by atoms with E-state index in [-0.39, 0.29) is 5.91 Å². The molecule has 0 saturated carbocycles. The lowest BCUT2D eigenvalue weighted by molar-refractivity contribution is 0.0944. The van der Waals surface area contributed by atoms with Gasteiger partial charge in [-0.15, -0.1) is 0 Å². The summed E-state index contributed by atoms with van der Waals surface area (Å²) >= 11 is 1.99. The van der Waals surface area contributed by atoms with E-state index in [4.69, 9.17) is 0 Å². The summed E-state index contributed by atoms with van der Waals surface area (Å²) in [5.74, 6) is 2.29. The highest BCUT2D eigenvalue weighted by atomic mass is 32.2. The van der Waals surface area contributed by atoms with Crippen LogP contribution in [0.2, 0.25) is 0 Å². The molecule has 0 radical (unpaired) electrons. The SMILES string of the molecule is CNc1ccc(C(=O)NCCN2CCSCC2)nc1. The second kappa shape index (κ2) is 7.35. The molecule has 1 amide bonds. The van der Waals surface area contributed by atoms with E-state index in [1.165, 1.54) is 11.5 Å². The maximum Gasteiger partial charge on any atom is 0.269 e. The number of amides is 1. The number of rotatable bonds is 5. The molecule has 2 heterocycles. The van der Waals surface area contributed by atoms with E-state index < -0.39 is 0 Å². The fourth-order valence-electron chi connectivity index (χ4n) is 1.92. The smallest absolute Gasteiger partial charge is 0.269 e. The van der Waals surface area contributed by atoms with E-state index in [2.05, 4.69) is 20.5 Å². The van der Waals surface area contributed by atoms with Gasteiger partial charge in [-0.2, -0.15) is 11.8 Å². The first-order valence-electron chi connectivity index (χ1n) is 6.51. The first-order valence-corrected chi connectivity index (χ1v) is 7.67. The number of thioether (sulfide) groups is 1. The van der Waals surface area contributed by atoms with E-state index in [1.807, 2.05) is 24.9 Å². The first kappa shape index (κ1) is 14.1. The number of hydrogen-bond acceptors (Lipinski definition) is 5. The fourth-order valence-corrected chi connectivity index (χ4v) is 2.90. The highest BCUT2D eigenvalue weighted by molar-refractivity contribution is 7.99. The molecule has 6 heteroatoms. The van der Waals surface area contributed by atoms with Crippen LogP contribution in [0.3, 0.4) is 0 Å². The zero-order valence-electron chi connectivity index (χ0n) is 11.2. The maximum atomic E-state index is 11.9. The number of nitrogens with zero attached hydrogens (tertiary/aromatic N) is 2. The van der Waals surface area contributed by atoms with Crippen molar-refractivity contribution in [1.82, 2.24) is 15.2 Å². The van der Waals surface area contributed by atoms with Gasteiger partial charge in [0, 0.05) is 44.7 Å². The molecule has 2 N–H and O–H groups in total. The summed E-state index contributed by atoms with van der Waals surface area (Å²) in [5, 5.41) is 5.89. The highest BCUT2D eigenvalue weighted by Gasteiger charge is 2.11. The Morgan fingerprint density at radius 1 is 1.42 bits per heavy atom. The molecule has 2 rings (SSSR count). The third-order valence-electron chi connectivity index (χ3n) is 3.10. The van der Waals surface area contributed by atoms with Gasteiger partial charge in [-0.25, -0.2) is 4.98 Å². The molecule has 1 aliphatic heterocycles. The standard InChI is InChI=1S/C13H20N4OS/c1-14-11-2-3-12(16-10-11)13(18)15-4-5-17-6-8-19-9-7-17/h2-3,10,14H,4-9H2,1H3,(H,15,18). The second-order valence-electron chi connectivity index (χ2n) is 4.39. The molecule has 5 nitrogen and oxygen atoms in total. The lowest BCUT2D eigenvalue weighted by Crippen LogP contribution is -2.39. The van der Waals surface area contributed by atoms with Gasteiger partial charge in [-0.1, -0.05) is 0 Å². The molecule has 1 aliphatic rings. The number of hydrogen-bond donors (Lipinski definition) is 2. The summed E-state index contributed by atoms with van der Waals surface area (Å²) in [6, 6.07) is 3.59. The van der Waals surface area contributed by atoms with Crippen molar-refractivity contribution in [1.29, 1.82) is 0 Å². The van der Waals surface area contributed by atoms with E-state index in [1.54, 1.807) is 12.3 Å². The van der Waals surface area contributed by atoms with Gasteiger partial charge < -0.3 is 10.6 Å². The van der Waals surface area contributed by atoms with Gasteiger partial charge >= 0.3 is 0 Å². The Kier molecular flexibility index (Phi) is 5.47. The van der Waals surface area contributed by atoms with Gasteiger partial charge in [0.15, 0.2) is 0 Å². The predicted octanol–water partition coefficient (Wildman–Crippen LogP) is 0.902. The molecule has 0 aromatic carbocycles. The van der Waals surface area contributed by atoms with Crippen molar-refractivity contribution in [3.05, 3.63) is 24.0 Å². The Hall–Kier alpha value is -1.27. The Labute approximate surface area is 118 Å². The van der Waals surface area contributed by atoms with Gasteiger partial charge in [0.25, 0.3) is 5.91 Å². The van der Waals surface area contributed by atoms with Crippen LogP contribution >= 0.6 is 11.8 Å². The topological polar surface area (TPSA) is 57.3 Å². The zero-order valence-corrected chi connectivity index (χ0v) is 12.0. The molecule has 1 aromatic heterocycles. The van der Waals surface area contributed by atoms with Gasteiger partial charge in [-0.3, -0.25) is 9.69 Å². The molecule has 1 fully saturated rings. The molecule has 104 valence electrons. The van der Waals surface area contributed by atoms with Crippen LogP contribution in [0.25, 0.3) is 0 Å². The number of pyridine rings is 1. The molecule has 0 aliphatic carbocycles. The summed E-state index contributed by atoms with van der Waals surface area (Å²) in [5.41, 5.74) is 1.37. The zero-order chi connectivity index (χ0) is 13.5. The average molecular weight is 280 g/mol. The number of carbonyl (C=O) groups excluding carboxylic acids is 1. The van der Waals surface area contributed by atoms with E-state index in [0.29, 0.717) is 12.2 Å². The minimum absolute atomic E-state index is 0.103.